The van der Waals surface area contributed by atoms with Crippen LogP contribution in [0.15, 0.2) is 41.7 Å². The van der Waals surface area contributed by atoms with Crippen molar-refractivity contribution in [3.05, 3.63) is 42.2 Å². The van der Waals surface area contributed by atoms with E-state index < -0.39 is 0 Å². The van der Waals surface area contributed by atoms with Crippen LogP contribution in [0.2, 0.25) is 0 Å². The summed E-state index contributed by atoms with van der Waals surface area (Å²) in [5, 5.41) is 3.79. The average molecular weight is 371 g/mol. The largest absolute Gasteiger partial charge is 0.356 e. The van der Waals surface area contributed by atoms with Gasteiger partial charge in [0, 0.05) is 24.8 Å². The number of rotatable bonds is 5. The van der Waals surface area contributed by atoms with Crippen molar-refractivity contribution in [2.24, 2.45) is 11.8 Å². The zero-order valence-electron chi connectivity index (χ0n) is 15.6. The third-order valence-electron chi connectivity index (χ3n) is 4.59. The molecule has 0 saturated carbocycles. The number of hydrogen-bond acceptors (Lipinski definition) is 5. The molecule has 1 amide bonds. The Bertz CT molecular complexity index is 757. The molecule has 5 nitrogen and oxygen atoms in total. The molecule has 3 rings (SSSR count). The maximum Gasteiger partial charge on any atom is 0.234 e. The lowest BCUT2D eigenvalue weighted by atomic mass is 9.92. The van der Waals surface area contributed by atoms with Crippen LogP contribution in [0.5, 0.6) is 0 Å². The van der Waals surface area contributed by atoms with Gasteiger partial charge in [-0.25, -0.2) is 9.97 Å². The Kier molecular flexibility index (Phi) is 6.14. The quantitative estimate of drug-likeness (QED) is 0.637. The number of benzene rings is 1. The van der Waals surface area contributed by atoms with Gasteiger partial charge in [0.05, 0.1) is 5.75 Å². The molecule has 1 N–H and O–H groups in total. The molecule has 0 radical (unpaired) electrons. The van der Waals surface area contributed by atoms with E-state index in [9.17, 15) is 4.79 Å². The molecule has 6 heteroatoms. The summed E-state index contributed by atoms with van der Waals surface area (Å²) in [4.78, 5) is 23.3. The lowest BCUT2D eigenvalue weighted by Gasteiger charge is -2.35. The summed E-state index contributed by atoms with van der Waals surface area (Å²) < 4.78 is 0. The molecule has 0 bridgehead atoms. The predicted octanol–water partition coefficient (Wildman–Crippen LogP) is 4.00. The smallest absolute Gasteiger partial charge is 0.234 e. The van der Waals surface area contributed by atoms with E-state index in [2.05, 4.69) is 34.0 Å². The molecule has 2 atom stereocenters. The first kappa shape index (κ1) is 18.7. The first-order valence-corrected chi connectivity index (χ1v) is 10.0. The van der Waals surface area contributed by atoms with Gasteiger partial charge in [0.15, 0.2) is 0 Å². The SMILES string of the molecule is Cc1ccccc1NC(=O)CSc1cc(N2C[C@@H](C)C[C@H](C)C2)ncn1. The summed E-state index contributed by atoms with van der Waals surface area (Å²) in [6, 6.07) is 9.79. The van der Waals surface area contributed by atoms with Gasteiger partial charge in [-0.05, 0) is 36.8 Å². The average Bonchev–Trinajstić information content (AvgIpc) is 2.61. The van der Waals surface area contributed by atoms with Crippen molar-refractivity contribution in [1.82, 2.24) is 9.97 Å². The molecular weight excluding hydrogens is 344 g/mol. The topological polar surface area (TPSA) is 58.1 Å². The third-order valence-corrected chi connectivity index (χ3v) is 5.52. The van der Waals surface area contributed by atoms with Crippen LogP contribution in [0.4, 0.5) is 11.5 Å². The van der Waals surface area contributed by atoms with Gasteiger partial charge < -0.3 is 10.2 Å². The number of aryl methyl sites for hydroxylation is 1. The fraction of sp³-hybridized carbons (Fsp3) is 0.450. The van der Waals surface area contributed by atoms with E-state index in [-0.39, 0.29) is 5.91 Å². The van der Waals surface area contributed by atoms with E-state index >= 15 is 0 Å². The lowest BCUT2D eigenvalue weighted by molar-refractivity contribution is -0.113. The molecule has 1 fully saturated rings. The summed E-state index contributed by atoms with van der Waals surface area (Å²) in [7, 11) is 0. The maximum atomic E-state index is 12.2. The summed E-state index contributed by atoms with van der Waals surface area (Å²) in [5.41, 5.74) is 1.92. The minimum absolute atomic E-state index is 0.0234. The highest BCUT2D eigenvalue weighted by Crippen LogP contribution is 2.27. The highest BCUT2D eigenvalue weighted by atomic mass is 32.2. The molecule has 0 unspecified atom stereocenters. The molecule has 1 saturated heterocycles. The molecule has 0 aliphatic carbocycles. The van der Waals surface area contributed by atoms with Crippen LogP contribution >= 0.6 is 11.8 Å². The second kappa shape index (κ2) is 8.54. The van der Waals surface area contributed by atoms with Crippen LogP contribution in [0, 0.1) is 18.8 Å². The van der Waals surface area contributed by atoms with Gasteiger partial charge in [0.2, 0.25) is 5.91 Å². The molecule has 1 aliphatic heterocycles. The molecule has 1 aromatic heterocycles. The fourth-order valence-electron chi connectivity index (χ4n) is 3.47. The first-order valence-electron chi connectivity index (χ1n) is 9.06. The molecule has 26 heavy (non-hydrogen) atoms. The normalized spacial score (nSPS) is 20.0. The van der Waals surface area contributed by atoms with E-state index in [0.29, 0.717) is 17.6 Å². The highest BCUT2D eigenvalue weighted by Gasteiger charge is 2.23. The Morgan fingerprint density at radius 2 is 1.96 bits per heavy atom. The van der Waals surface area contributed by atoms with Crippen molar-refractivity contribution in [2.45, 2.75) is 32.2 Å². The van der Waals surface area contributed by atoms with Gasteiger partial charge in [0.25, 0.3) is 0 Å². The monoisotopic (exact) mass is 370 g/mol. The number of nitrogens with zero attached hydrogens (tertiary/aromatic N) is 3. The number of piperidine rings is 1. The second-order valence-electron chi connectivity index (χ2n) is 7.22. The van der Waals surface area contributed by atoms with Crippen molar-refractivity contribution in [3.63, 3.8) is 0 Å². The van der Waals surface area contributed by atoms with Gasteiger partial charge in [-0.1, -0.05) is 43.8 Å². The van der Waals surface area contributed by atoms with E-state index in [4.69, 9.17) is 0 Å². The van der Waals surface area contributed by atoms with Gasteiger partial charge in [0.1, 0.15) is 17.2 Å². The number of amides is 1. The van der Waals surface area contributed by atoms with Crippen molar-refractivity contribution in [3.8, 4) is 0 Å². The molecule has 2 heterocycles. The van der Waals surface area contributed by atoms with Crippen molar-refractivity contribution < 1.29 is 4.79 Å². The number of carbonyl (C=O) groups excluding carboxylic acids is 1. The standard InChI is InChI=1S/C20H26N4OS/c1-14-8-15(2)11-24(10-14)18-9-20(22-13-21-18)26-12-19(25)23-17-7-5-4-6-16(17)3/h4-7,9,13-15H,8,10-12H2,1-3H3,(H,23,25)/t14-,15-/m0/s1. The molecule has 2 aromatic rings. The Labute approximate surface area is 159 Å². The molecule has 1 aliphatic rings. The number of nitrogens with one attached hydrogen (secondary N) is 1. The number of para-hydroxylation sites is 1. The van der Waals surface area contributed by atoms with E-state index in [1.54, 1.807) is 6.33 Å². The van der Waals surface area contributed by atoms with Crippen molar-refractivity contribution in [2.75, 3.05) is 29.1 Å². The summed E-state index contributed by atoms with van der Waals surface area (Å²) in [6.07, 6.45) is 2.86. The summed E-state index contributed by atoms with van der Waals surface area (Å²) in [5.74, 6) is 2.61. The predicted molar refractivity (Wildman–Crippen MR) is 108 cm³/mol. The van der Waals surface area contributed by atoms with E-state index in [0.717, 1.165) is 35.2 Å². The number of thioether (sulfide) groups is 1. The third kappa shape index (κ3) is 4.97. The van der Waals surface area contributed by atoms with Crippen LogP contribution in [-0.4, -0.2) is 34.7 Å². The molecule has 1 aromatic carbocycles. The summed E-state index contributed by atoms with van der Waals surface area (Å²) in [6.45, 7) is 8.61. The Balaban J connectivity index is 1.58. The maximum absolute atomic E-state index is 12.2. The zero-order chi connectivity index (χ0) is 18.5. The van der Waals surface area contributed by atoms with Crippen LogP contribution in [0.25, 0.3) is 0 Å². The Morgan fingerprint density at radius 3 is 2.69 bits per heavy atom. The Morgan fingerprint density at radius 1 is 1.23 bits per heavy atom. The summed E-state index contributed by atoms with van der Waals surface area (Å²) >= 11 is 1.44. The lowest BCUT2D eigenvalue weighted by Crippen LogP contribution is -2.39. The number of hydrogen-bond donors (Lipinski definition) is 1. The van der Waals surface area contributed by atoms with Gasteiger partial charge in [-0.2, -0.15) is 0 Å². The minimum atomic E-state index is -0.0234. The van der Waals surface area contributed by atoms with Crippen molar-refractivity contribution >= 4 is 29.2 Å². The second-order valence-corrected chi connectivity index (χ2v) is 8.21. The minimum Gasteiger partial charge on any atom is -0.356 e. The van der Waals surface area contributed by atoms with E-state index in [1.165, 1.54) is 18.2 Å². The van der Waals surface area contributed by atoms with Crippen molar-refractivity contribution in [1.29, 1.82) is 0 Å². The zero-order valence-corrected chi connectivity index (χ0v) is 16.4. The number of anilines is 2. The fourth-order valence-corrected chi connectivity index (χ4v) is 4.13. The van der Waals surface area contributed by atoms with Crippen LogP contribution in [0.1, 0.15) is 25.8 Å². The Hall–Kier alpha value is -2.08. The number of carbonyl (C=O) groups is 1. The van der Waals surface area contributed by atoms with Crippen LogP contribution < -0.4 is 10.2 Å². The van der Waals surface area contributed by atoms with Gasteiger partial charge >= 0.3 is 0 Å². The molecule has 0 spiro atoms. The van der Waals surface area contributed by atoms with E-state index in [1.807, 2.05) is 37.3 Å². The van der Waals surface area contributed by atoms with Crippen LogP contribution in [-0.2, 0) is 4.79 Å². The molecular formula is C20H26N4OS. The van der Waals surface area contributed by atoms with Gasteiger partial charge in [-0.15, -0.1) is 0 Å². The highest BCUT2D eigenvalue weighted by molar-refractivity contribution is 7.99. The first-order chi connectivity index (χ1) is 12.5. The van der Waals surface area contributed by atoms with Gasteiger partial charge in [-0.3, -0.25) is 4.79 Å². The number of aromatic nitrogens is 2. The molecule has 138 valence electrons. The van der Waals surface area contributed by atoms with Crippen LogP contribution in [0.3, 0.4) is 0 Å².